The molecule has 1 N–H and O–H groups in total. The molecule has 0 bridgehead atoms. The van der Waals surface area contributed by atoms with Gasteiger partial charge in [0.2, 0.25) is 0 Å². The van der Waals surface area contributed by atoms with Crippen molar-refractivity contribution in [3.8, 4) is 11.1 Å². The third-order valence-corrected chi connectivity index (χ3v) is 9.67. The average Bonchev–Trinajstić information content (AvgIpc) is 3.49. The van der Waals surface area contributed by atoms with E-state index in [4.69, 9.17) is 4.74 Å². The van der Waals surface area contributed by atoms with Gasteiger partial charge >= 0.3 is 48.9 Å². The van der Waals surface area contributed by atoms with Gasteiger partial charge in [0.1, 0.15) is 12.6 Å². The quantitative estimate of drug-likeness (QED) is 0.0622. The van der Waals surface area contributed by atoms with E-state index in [2.05, 4.69) is 4.74 Å². The molecule has 0 aromatic heterocycles. The Bertz CT molecular complexity index is 2110. The van der Waals surface area contributed by atoms with E-state index in [0.29, 0.717) is 0 Å². The molecular formula is C41H31F15N2O5. The number of hydrogen-bond donors (Lipinski definition) is 1. The second-order valence-electron chi connectivity index (χ2n) is 14.3. The number of unbranched alkanes of at least 4 members (excludes halogenated alkanes) is 1. The summed E-state index contributed by atoms with van der Waals surface area (Å²) in [5, 5.41) is 2.00. The topological polar surface area (TPSA) is 84.9 Å². The average molecular weight is 917 g/mol. The van der Waals surface area contributed by atoms with Crippen molar-refractivity contribution in [2.45, 2.75) is 75.2 Å². The van der Waals surface area contributed by atoms with Gasteiger partial charge in [0, 0.05) is 19.0 Å². The van der Waals surface area contributed by atoms with E-state index in [1.54, 1.807) is 36.4 Å². The molecule has 0 spiro atoms. The number of fused-ring (bicyclic) bond motifs is 3. The first-order valence-corrected chi connectivity index (χ1v) is 18.3. The molecule has 0 saturated carbocycles. The van der Waals surface area contributed by atoms with Gasteiger partial charge in [-0.3, -0.25) is 4.90 Å². The molecular weight excluding hydrogens is 885 g/mol. The zero-order valence-corrected chi connectivity index (χ0v) is 31.8. The van der Waals surface area contributed by atoms with Crippen LogP contribution in [-0.4, -0.2) is 48.3 Å². The van der Waals surface area contributed by atoms with Crippen LogP contribution in [0.4, 0.5) is 70.7 Å². The van der Waals surface area contributed by atoms with Gasteiger partial charge < -0.3 is 14.8 Å². The second-order valence-corrected chi connectivity index (χ2v) is 14.3. The van der Waals surface area contributed by atoms with Gasteiger partial charge in [0.05, 0.1) is 22.3 Å². The predicted molar refractivity (Wildman–Crippen MR) is 190 cm³/mol. The van der Waals surface area contributed by atoms with Gasteiger partial charge in [-0.1, -0.05) is 48.5 Å². The monoisotopic (exact) mass is 916 g/mol. The summed E-state index contributed by atoms with van der Waals surface area (Å²) in [7, 11) is 0. The molecule has 1 aliphatic carbocycles. The molecule has 0 saturated heterocycles. The maximum atomic E-state index is 13.6. The Hall–Kier alpha value is -5.80. The lowest BCUT2D eigenvalue weighted by Gasteiger charge is -2.25. The Morgan fingerprint density at radius 1 is 0.587 bits per heavy atom. The standard InChI is InChI=1S/C41H31F15N2O5/c42-37(43,44)24-13-22(14-25(17-24)38(45,46)47)19-58(20-23-15-26(39(48,49)50)18-27(16-23)40(51,52)53)12-6-5-11-33(34(59)63-35(60)41(54,55)56)57-36(61)62-21-32-30-9-3-1-7-28(30)29-8-2-4-10-31(29)32/h1-4,7-10,13-18,32-33H,5-6,11-12,19-21H2,(H,57,61)/t33-/m0/s1. The van der Waals surface area contributed by atoms with E-state index in [1.165, 1.54) is 0 Å². The molecule has 0 fully saturated rings. The summed E-state index contributed by atoms with van der Waals surface area (Å²) >= 11 is 0. The van der Waals surface area contributed by atoms with Crippen molar-refractivity contribution in [2.24, 2.45) is 0 Å². The number of nitrogens with one attached hydrogen (secondary N) is 1. The van der Waals surface area contributed by atoms with Crippen LogP contribution in [0.3, 0.4) is 0 Å². The third kappa shape index (κ3) is 12.7. The predicted octanol–water partition coefficient (Wildman–Crippen LogP) is 11.5. The number of nitrogens with zero attached hydrogens (tertiary/aromatic N) is 1. The van der Waals surface area contributed by atoms with Crippen molar-refractivity contribution in [3.05, 3.63) is 129 Å². The molecule has 22 heteroatoms. The number of hydrogen-bond acceptors (Lipinski definition) is 6. The Balaban J connectivity index is 1.37. The highest BCUT2D eigenvalue weighted by molar-refractivity contribution is 5.92. The van der Waals surface area contributed by atoms with E-state index in [0.717, 1.165) is 27.2 Å². The van der Waals surface area contributed by atoms with Crippen molar-refractivity contribution in [3.63, 3.8) is 0 Å². The summed E-state index contributed by atoms with van der Waals surface area (Å²) in [6.45, 7) is -2.78. The number of carbonyl (C=O) groups is 3. The normalized spacial score (nSPS) is 14.0. The lowest BCUT2D eigenvalue weighted by Crippen LogP contribution is -2.44. The van der Waals surface area contributed by atoms with Crippen LogP contribution in [-0.2, 0) is 56.9 Å². The number of esters is 2. The van der Waals surface area contributed by atoms with Gasteiger partial charge in [0.25, 0.3) is 0 Å². The highest BCUT2D eigenvalue weighted by Gasteiger charge is 2.44. The Kier molecular flexibility index (Phi) is 14.2. The molecule has 63 heavy (non-hydrogen) atoms. The smallest absolute Gasteiger partial charge is 0.449 e. The fourth-order valence-corrected chi connectivity index (χ4v) is 6.89. The summed E-state index contributed by atoms with van der Waals surface area (Å²) in [4.78, 5) is 38.2. The van der Waals surface area contributed by atoms with Gasteiger partial charge in [0.15, 0.2) is 0 Å². The van der Waals surface area contributed by atoms with Crippen molar-refractivity contribution in [2.75, 3.05) is 13.2 Å². The van der Waals surface area contributed by atoms with Crippen LogP contribution >= 0.6 is 0 Å². The number of alkyl halides is 15. The lowest BCUT2D eigenvalue weighted by molar-refractivity contribution is -0.202. The molecule has 7 nitrogen and oxygen atoms in total. The first kappa shape index (κ1) is 48.2. The maximum Gasteiger partial charge on any atom is 0.491 e. The fraction of sp³-hybridized carbons (Fsp3) is 0.341. The van der Waals surface area contributed by atoms with E-state index in [-0.39, 0.29) is 49.4 Å². The minimum Gasteiger partial charge on any atom is -0.449 e. The third-order valence-electron chi connectivity index (χ3n) is 9.67. The van der Waals surface area contributed by atoms with Crippen LogP contribution in [0.25, 0.3) is 11.1 Å². The summed E-state index contributed by atoms with van der Waals surface area (Å²) < 4.78 is 212. The minimum absolute atomic E-state index is 0.206. The van der Waals surface area contributed by atoms with Gasteiger partial charge in [-0.05, 0) is 95.6 Å². The Morgan fingerprint density at radius 3 is 1.40 bits per heavy atom. The highest BCUT2D eigenvalue weighted by Crippen LogP contribution is 2.45. The lowest BCUT2D eigenvalue weighted by atomic mass is 9.98. The number of amides is 1. The maximum absolute atomic E-state index is 13.6. The van der Waals surface area contributed by atoms with Crippen LogP contribution in [0.1, 0.15) is 69.7 Å². The van der Waals surface area contributed by atoms with Gasteiger partial charge in [-0.25, -0.2) is 14.4 Å². The van der Waals surface area contributed by atoms with Crippen molar-refractivity contribution >= 4 is 18.0 Å². The van der Waals surface area contributed by atoms with Crippen LogP contribution in [0, 0.1) is 0 Å². The molecule has 1 atom stereocenters. The van der Waals surface area contributed by atoms with Crippen molar-refractivity contribution in [1.82, 2.24) is 10.2 Å². The zero-order valence-electron chi connectivity index (χ0n) is 31.8. The molecule has 0 heterocycles. The molecule has 0 aliphatic heterocycles. The first-order valence-electron chi connectivity index (χ1n) is 18.3. The molecule has 340 valence electrons. The number of ether oxygens (including phenoxy) is 2. The molecule has 1 amide bonds. The largest absolute Gasteiger partial charge is 0.491 e. The van der Waals surface area contributed by atoms with E-state index in [1.807, 2.05) is 17.4 Å². The molecule has 5 rings (SSSR count). The number of benzene rings is 4. The van der Waals surface area contributed by atoms with Gasteiger partial charge in [-0.15, -0.1) is 0 Å². The van der Waals surface area contributed by atoms with E-state index >= 15 is 0 Å². The number of rotatable bonds is 13. The van der Waals surface area contributed by atoms with Crippen LogP contribution in [0.15, 0.2) is 84.9 Å². The van der Waals surface area contributed by atoms with Crippen LogP contribution in [0.5, 0.6) is 0 Å². The van der Waals surface area contributed by atoms with E-state index in [9.17, 15) is 80.2 Å². The van der Waals surface area contributed by atoms with Crippen LogP contribution in [0.2, 0.25) is 0 Å². The molecule has 0 unspecified atom stereocenters. The molecule has 4 aromatic carbocycles. The number of carbonyl (C=O) groups excluding carboxylic acids is 3. The van der Waals surface area contributed by atoms with Crippen LogP contribution < -0.4 is 5.32 Å². The number of halogens is 15. The highest BCUT2D eigenvalue weighted by atomic mass is 19.4. The molecule has 1 aliphatic rings. The summed E-state index contributed by atoms with van der Waals surface area (Å²) in [6.07, 6.45) is -29.8. The van der Waals surface area contributed by atoms with Crippen molar-refractivity contribution < 1.29 is 89.7 Å². The second kappa shape index (κ2) is 18.5. The van der Waals surface area contributed by atoms with E-state index < -0.39 is 127 Å². The summed E-state index contributed by atoms with van der Waals surface area (Å²) in [5.41, 5.74) is -5.39. The summed E-state index contributed by atoms with van der Waals surface area (Å²) in [5.74, 6) is -5.41. The Morgan fingerprint density at radius 2 is 1.00 bits per heavy atom. The first-order chi connectivity index (χ1) is 29.1. The summed E-state index contributed by atoms with van der Waals surface area (Å²) in [6, 6.07) is 12.8. The number of alkyl carbamates (subject to hydrolysis) is 1. The fourth-order valence-electron chi connectivity index (χ4n) is 6.89. The Labute approximate surface area is 346 Å². The van der Waals surface area contributed by atoms with Gasteiger partial charge in [-0.2, -0.15) is 65.9 Å². The zero-order chi connectivity index (χ0) is 46.7. The SMILES string of the molecule is O=C(N[C@@H](CCCCN(Cc1cc(C(F)(F)F)cc(C(F)(F)F)c1)Cc1cc(C(F)(F)F)cc(C(F)(F)F)c1)C(=O)OC(=O)C(F)(F)F)OCC1c2ccccc2-c2ccccc21. The molecule has 4 aromatic rings. The molecule has 0 radical (unpaired) electrons. The van der Waals surface area contributed by atoms with Crippen molar-refractivity contribution in [1.29, 1.82) is 0 Å². The minimum atomic E-state index is -5.67.